The van der Waals surface area contributed by atoms with E-state index >= 15 is 0 Å². The Morgan fingerprint density at radius 3 is 3.18 bits per heavy atom. The van der Waals surface area contributed by atoms with E-state index in [1.54, 1.807) is 12.3 Å². The van der Waals surface area contributed by atoms with Gasteiger partial charge in [0.05, 0.1) is 12.3 Å². The summed E-state index contributed by atoms with van der Waals surface area (Å²) < 4.78 is 5.49. The molecule has 94 valence electrons. The first kappa shape index (κ1) is 12.8. The van der Waals surface area contributed by atoms with Crippen molar-refractivity contribution in [1.29, 1.82) is 0 Å². The summed E-state index contributed by atoms with van der Waals surface area (Å²) in [5.74, 6) is 0.660. The maximum atomic E-state index is 5.94. The first-order valence-corrected chi connectivity index (χ1v) is 6.48. The average Bonchev–Trinajstić information content (AvgIpc) is 2.30. The van der Waals surface area contributed by atoms with E-state index in [4.69, 9.17) is 16.3 Å². The van der Waals surface area contributed by atoms with Gasteiger partial charge in [-0.1, -0.05) is 11.6 Å². The fraction of sp³-hybridized carbons (Fsp3) is 0.615. The largest absolute Gasteiger partial charge is 0.381 e. The van der Waals surface area contributed by atoms with Gasteiger partial charge in [0.2, 0.25) is 0 Å². The van der Waals surface area contributed by atoms with Crippen molar-refractivity contribution in [3.63, 3.8) is 0 Å². The lowest BCUT2D eigenvalue weighted by Gasteiger charge is -2.26. The molecule has 1 atom stereocenters. The van der Waals surface area contributed by atoms with Crippen LogP contribution in [0.4, 0.5) is 0 Å². The van der Waals surface area contributed by atoms with Gasteiger partial charge in [0.1, 0.15) is 0 Å². The fourth-order valence-electron chi connectivity index (χ4n) is 2.27. The average molecular weight is 255 g/mol. The molecule has 0 N–H and O–H groups in total. The molecule has 1 aromatic heterocycles. The fourth-order valence-corrected chi connectivity index (χ4v) is 2.45. The minimum Gasteiger partial charge on any atom is -0.381 e. The summed E-state index contributed by atoms with van der Waals surface area (Å²) in [6, 6.07) is 3.73. The van der Waals surface area contributed by atoms with Crippen LogP contribution in [0.5, 0.6) is 0 Å². The summed E-state index contributed by atoms with van der Waals surface area (Å²) in [4.78, 5) is 6.60. The van der Waals surface area contributed by atoms with Gasteiger partial charge < -0.3 is 9.64 Å². The molecule has 1 saturated heterocycles. The lowest BCUT2D eigenvalue weighted by Crippen LogP contribution is -2.30. The summed E-state index contributed by atoms with van der Waals surface area (Å²) in [6.07, 6.45) is 4.22. The molecule has 0 aromatic carbocycles. The summed E-state index contributed by atoms with van der Waals surface area (Å²) in [5.41, 5.74) is 1.02. The summed E-state index contributed by atoms with van der Waals surface area (Å²) in [5, 5.41) is 0.754. The molecule has 0 aliphatic carbocycles. The van der Waals surface area contributed by atoms with E-state index in [-0.39, 0.29) is 0 Å². The van der Waals surface area contributed by atoms with Crippen LogP contribution in [-0.4, -0.2) is 36.7 Å². The van der Waals surface area contributed by atoms with Crippen molar-refractivity contribution in [1.82, 2.24) is 9.88 Å². The quantitative estimate of drug-likeness (QED) is 0.826. The molecule has 0 amide bonds. The Hall–Kier alpha value is -0.640. The van der Waals surface area contributed by atoms with Crippen LogP contribution in [-0.2, 0) is 11.3 Å². The lowest BCUT2D eigenvalue weighted by molar-refractivity contribution is 0.0410. The van der Waals surface area contributed by atoms with Crippen molar-refractivity contribution >= 4 is 11.6 Å². The van der Waals surface area contributed by atoms with E-state index < -0.39 is 0 Å². The van der Waals surface area contributed by atoms with Gasteiger partial charge in [-0.3, -0.25) is 4.98 Å². The number of nitrogens with zero attached hydrogens (tertiary/aromatic N) is 2. The molecule has 1 aliphatic heterocycles. The third-order valence-corrected chi connectivity index (χ3v) is 3.27. The second-order valence-electron chi connectivity index (χ2n) is 4.75. The van der Waals surface area contributed by atoms with Gasteiger partial charge in [-0.05, 0) is 37.9 Å². The van der Waals surface area contributed by atoms with Gasteiger partial charge in [-0.25, -0.2) is 0 Å². The first-order chi connectivity index (χ1) is 8.24. The van der Waals surface area contributed by atoms with Crippen LogP contribution in [0.15, 0.2) is 18.3 Å². The van der Waals surface area contributed by atoms with Crippen LogP contribution in [0, 0.1) is 5.92 Å². The second-order valence-corrected chi connectivity index (χ2v) is 5.18. The molecule has 0 spiro atoms. The Balaban J connectivity index is 1.82. The molecular formula is C13H19ClN2O. The Morgan fingerprint density at radius 1 is 1.59 bits per heavy atom. The number of aromatic nitrogens is 1. The molecule has 2 heterocycles. The molecule has 3 nitrogen and oxygen atoms in total. The molecule has 1 fully saturated rings. The molecule has 4 heteroatoms. The smallest absolute Gasteiger partial charge is 0.0558 e. The van der Waals surface area contributed by atoms with E-state index in [1.165, 1.54) is 12.8 Å². The minimum atomic E-state index is 0.660. The van der Waals surface area contributed by atoms with Crippen molar-refractivity contribution in [2.45, 2.75) is 19.4 Å². The lowest BCUT2D eigenvalue weighted by atomic mass is 10.0. The van der Waals surface area contributed by atoms with Crippen molar-refractivity contribution in [3.05, 3.63) is 29.0 Å². The molecular weight excluding hydrogens is 236 g/mol. The standard InChI is InChI=1S/C13H19ClN2O/c1-16(8-11-3-2-6-17-10-11)9-13-7-12(14)4-5-15-13/h4-5,7,11H,2-3,6,8-10H2,1H3. The minimum absolute atomic E-state index is 0.660. The number of halogens is 1. The van der Waals surface area contributed by atoms with Crippen LogP contribution in [0.3, 0.4) is 0 Å². The predicted molar refractivity (Wildman–Crippen MR) is 69.1 cm³/mol. The molecule has 2 rings (SSSR count). The number of hydrogen-bond acceptors (Lipinski definition) is 3. The van der Waals surface area contributed by atoms with E-state index in [9.17, 15) is 0 Å². The summed E-state index contributed by atoms with van der Waals surface area (Å²) in [6.45, 7) is 3.73. The number of pyridine rings is 1. The monoisotopic (exact) mass is 254 g/mol. The number of rotatable bonds is 4. The summed E-state index contributed by atoms with van der Waals surface area (Å²) >= 11 is 5.94. The van der Waals surface area contributed by atoms with Gasteiger partial charge in [0.25, 0.3) is 0 Å². The highest BCUT2D eigenvalue weighted by Gasteiger charge is 2.16. The third kappa shape index (κ3) is 4.26. The zero-order valence-corrected chi connectivity index (χ0v) is 11.0. The van der Waals surface area contributed by atoms with Crippen LogP contribution in [0.2, 0.25) is 5.02 Å². The Labute approximate surface area is 108 Å². The van der Waals surface area contributed by atoms with Crippen LogP contribution in [0.1, 0.15) is 18.5 Å². The van der Waals surface area contributed by atoms with E-state index in [1.807, 2.05) is 6.07 Å². The van der Waals surface area contributed by atoms with Crippen molar-refractivity contribution in [3.8, 4) is 0 Å². The molecule has 17 heavy (non-hydrogen) atoms. The van der Waals surface area contributed by atoms with Crippen LogP contribution in [0.25, 0.3) is 0 Å². The highest BCUT2D eigenvalue weighted by Crippen LogP contribution is 2.16. The number of hydrogen-bond donors (Lipinski definition) is 0. The molecule has 1 unspecified atom stereocenters. The molecule has 0 radical (unpaired) electrons. The molecule has 0 bridgehead atoms. The topological polar surface area (TPSA) is 25.4 Å². The van der Waals surface area contributed by atoms with Crippen LogP contribution >= 0.6 is 11.6 Å². The predicted octanol–water partition coefficient (Wildman–Crippen LogP) is 2.59. The number of ether oxygens (including phenoxy) is 1. The van der Waals surface area contributed by atoms with Gasteiger partial charge in [-0.2, -0.15) is 0 Å². The summed E-state index contributed by atoms with van der Waals surface area (Å²) in [7, 11) is 2.12. The van der Waals surface area contributed by atoms with E-state index in [2.05, 4.69) is 16.9 Å². The van der Waals surface area contributed by atoms with E-state index in [0.29, 0.717) is 5.92 Å². The van der Waals surface area contributed by atoms with Crippen molar-refractivity contribution in [2.24, 2.45) is 5.92 Å². The maximum absolute atomic E-state index is 5.94. The Kier molecular flexibility index (Phi) is 4.77. The zero-order chi connectivity index (χ0) is 12.1. The Morgan fingerprint density at radius 2 is 2.47 bits per heavy atom. The maximum Gasteiger partial charge on any atom is 0.0558 e. The van der Waals surface area contributed by atoms with Crippen molar-refractivity contribution < 1.29 is 4.74 Å². The first-order valence-electron chi connectivity index (χ1n) is 6.11. The molecule has 0 saturated carbocycles. The Bertz CT molecular complexity index is 353. The molecule has 1 aliphatic rings. The zero-order valence-electron chi connectivity index (χ0n) is 10.2. The third-order valence-electron chi connectivity index (χ3n) is 3.04. The van der Waals surface area contributed by atoms with Crippen LogP contribution < -0.4 is 0 Å². The van der Waals surface area contributed by atoms with Gasteiger partial charge in [-0.15, -0.1) is 0 Å². The van der Waals surface area contributed by atoms with Crippen molar-refractivity contribution in [2.75, 3.05) is 26.8 Å². The highest BCUT2D eigenvalue weighted by atomic mass is 35.5. The van der Waals surface area contributed by atoms with Gasteiger partial charge in [0, 0.05) is 30.9 Å². The van der Waals surface area contributed by atoms with E-state index in [0.717, 1.165) is 37.0 Å². The van der Waals surface area contributed by atoms with Gasteiger partial charge >= 0.3 is 0 Å². The molecule has 1 aromatic rings. The second kappa shape index (κ2) is 6.34. The highest BCUT2D eigenvalue weighted by molar-refractivity contribution is 6.30. The van der Waals surface area contributed by atoms with Gasteiger partial charge in [0.15, 0.2) is 0 Å². The normalized spacial score (nSPS) is 20.8. The SMILES string of the molecule is CN(Cc1cc(Cl)ccn1)CC1CCCOC1.